The van der Waals surface area contributed by atoms with Crippen molar-refractivity contribution in [3.05, 3.63) is 41.7 Å². The third-order valence-corrected chi connectivity index (χ3v) is 2.89. The van der Waals surface area contributed by atoms with Crippen molar-refractivity contribution in [2.75, 3.05) is 20.3 Å². The van der Waals surface area contributed by atoms with E-state index in [4.69, 9.17) is 18.7 Å². The van der Waals surface area contributed by atoms with Crippen molar-refractivity contribution in [3.8, 4) is 11.6 Å². The molecule has 1 atom stereocenters. The largest absolute Gasteiger partial charge is 0.490 e. The zero-order valence-corrected chi connectivity index (χ0v) is 11.1. The summed E-state index contributed by atoms with van der Waals surface area (Å²) in [5.41, 5.74) is 0.975. The molecule has 1 aliphatic rings. The van der Waals surface area contributed by atoms with Gasteiger partial charge in [-0.05, 0) is 23.4 Å². The number of para-hydroxylation sites is 1. The third-order valence-electron chi connectivity index (χ3n) is 2.89. The summed E-state index contributed by atoms with van der Waals surface area (Å²) in [6.45, 7) is 1.37. The summed E-state index contributed by atoms with van der Waals surface area (Å²) >= 11 is 0. The minimum absolute atomic E-state index is 0.241. The van der Waals surface area contributed by atoms with Gasteiger partial charge >= 0.3 is 0 Å². The Balaban J connectivity index is 1.71. The lowest BCUT2D eigenvalue weighted by molar-refractivity contribution is 0.262. The quantitative estimate of drug-likeness (QED) is 0.757. The van der Waals surface area contributed by atoms with Crippen LogP contribution in [0.25, 0.3) is 12.2 Å². The number of ether oxygens (including phenoxy) is 3. The second kappa shape index (κ2) is 5.79. The van der Waals surface area contributed by atoms with Crippen LogP contribution >= 0.6 is 0 Å². The van der Waals surface area contributed by atoms with E-state index in [1.807, 2.05) is 36.4 Å². The molecule has 1 unspecified atom stereocenters. The predicted octanol–water partition coefficient (Wildman–Crippen LogP) is 2.63. The standard InChI is InChI=1S/C15H15NO4/c1-17-15-8-12(20-16-15)7-6-11-4-2-3-5-14(11)19-10-13-9-18-13/h2-8,13H,9-10H2,1H3/b7-6+. The summed E-state index contributed by atoms with van der Waals surface area (Å²) in [5, 5.41) is 3.74. The van der Waals surface area contributed by atoms with Crippen molar-refractivity contribution in [2.24, 2.45) is 0 Å². The summed E-state index contributed by atoms with van der Waals surface area (Å²) in [6, 6.07) is 9.53. The molecular formula is C15H15NO4. The van der Waals surface area contributed by atoms with Crippen LogP contribution in [0.4, 0.5) is 0 Å². The zero-order chi connectivity index (χ0) is 13.8. The minimum atomic E-state index is 0.241. The Hall–Kier alpha value is -2.27. The number of methoxy groups -OCH3 is 1. The normalized spacial score (nSPS) is 17.4. The van der Waals surface area contributed by atoms with Gasteiger partial charge in [0.05, 0.1) is 13.7 Å². The molecule has 0 bridgehead atoms. The second-order valence-corrected chi connectivity index (χ2v) is 4.41. The van der Waals surface area contributed by atoms with Crippen molar-refractivity contribution in [1.82, 2.24) is 5.16 Å². The fourth-order valence-corrected chi connectivity index (χ4v) is 1.72. The topological polar surface area (TPSA) is 57.0 Å². The molecule has 0 aliphatic carbocycles. The summed E-state index contributed by atoms with van der Waals surface area (Å²) in [5.74, 6) is 1.91. The molecule has 2 aromatic rings. The first-order valence-corrected chi connectivity index (χ1v) is 6.37. The molecule has 1 aliphatic heterocycles. The van der Waals surface area contributed by atoms with Crippen molar-refractivity contribution in [3.63, 3.8) is 0 Å². The molecule has 5 nitrogen and oxygen atoms in total. The van der Waals surface area contributed by atoms with Gasteiger partial charge in [-0.15, -0.1) is 0 Å². The Labute approximate surface area is 116 Å². The summed E-state index contributed by atoms with van der Waals surface area (Å²) < 4.78 is 20.9. The molecule has 0 N–H and O–H groups in total. The van der Waals surface area contributed by atoms with Crippen LogP contribution in [-0.4, -0.2) is 31.6 Å². The molecule has 5 heteroatoms. The van der Waals surface area contributed by atoms with Crippen LogP contribution in [0.2, 0.25) is 0 Å². The Kier molecular flexibility index (Phi) is 3.69. The van der Waals surface area contributed by atoms with Gasteiger partial charge in [0.15, 0.2) is 5.76 Å². The van der Waals surface area contributed by atoms with E-state index in [0.717, 1.165) is 17.9 Å². The average molecular weight is 273 g/mol. The van der Waals surface area contributed by atoms with Crippen LogP contribution in [0.3, 0.4) is 0 Å². The van der Waals surface area contributed by atoms with E-state index < -0.39 is 0 Å². The molecule has 0 radical (unpaired) electrons. The highest BCUT2D eigenvalue weighted by Crippen LogP contribution is 2.23. The van der Waals surface area contributed by atoms with E-state index in [9.17, 15) is 0 Å². The molecule has 0 saturated carbocycles. The number of nitrogens with zero attached hydrogens (tertiary/aromatic N) is 1. The first kappa shape index (κ1) is 12.7. The number of epoxide rings is 1. The molecule has 0 spiro atoms. The van der Waals surface area contributed by atoms with Crippen LogP contribution < -0.4 is 9.47 Å². The monoisotopic (exact) mass is 273 g/mol. The highest BCUT2D eigenvalue weighted by Gasteiger charge is 2.23. The summed E-state index contributed by atoms with van der Waals surface area (Å²) in [4.78, 5) is 0. The van der Waals surface area contributed by atoms with E-state index in [1.165, 1.54) is 0 Å². The van der Waals surface area contributed by atoms with Crippen LogP contribution in [0.15, 0.2) is 34.9 Å². The first-order valence-electron chi connectivity index (χ1n) is 6.37. The van der Waals surface area contributed by atoms with Gasteiger partial charge in [-0.3, -0.25) is 0 Å². The van der Waals surface area contributed by atoms with Crippen LogP contribution in [0.5, 0.6) is 11.6 Å². The molecule has 104 valence electrons. The highest BCUT2D eigenvalue weighted by molar-refractivity contribution is 5.70. The average Bonchev–Trinajstić information content (AvgIpc) is 3.20. The summed E-state index contributed by atoms with van der Waals surface area (Å²) in [6.07, 6.45) is 3.99. The van der Waals surface area contributed by atoms with E-state index in [-0.39, 0.29) is 6.10 Å². The van der Waals surface area contributed by atoms with E-state index in [2.05, 4.69) is 5.16 Å². The van der Waals surface area contributed by atoms with Crippen LogP contribution in [0.1, 0.15) is 11.3 Å². The molecule has 3 rings (SSSR count). The molecule has 2 heterocycles. The molecule has 0 amide bonds. The number of benzene rings is 1. The van der Waals surface area contributed by atoms with Gasteiger partial charge in [0, 0.05) is 11.6 Å². The maximum Gasteiger partial charge on any atom is 0.254 e. The number of rotatable bonds is 6. The van der Waals surface area contributed by atoms with Gasteiger partial charge in [0.25, 0.3) is 5.88 Å². The fourth-order valence-electron chi connectivity index (χ4n) is 1.72. The lowest BCUT2D eigenvalue weighted by Gasteiger charge is -2.07. The molecular weight excluding hydrogens is 258 g/mol. The minimum Gasteiger partial charge on any atom is -0.490 e. The molecule has 1 fully saturated rings. The van der Waals surface area contributed by atoms with Crippen molar-refractivity contribution in [1.29, 1.82) is 0 Å². The van der Waals surface area contributed by atoms with Gasteiger partial charge in [0.1, 0.15) is 18.5 Å². The summed E-state index contributed by atoms with van der Waals surface area (Å²) in [7, 11) is 1.55. The van der Waals surface area contributed by atoms with Gasteiger partial charge in [-0.1, -0.05) is 18.2 Å². The number of hydrogen-bond acceptors (Lipinski definition) is 5. The second-order valence-electron chi connectivity index (χ2n) is 4.41. The number of aromatic nitrogens is 1. The Morgan fingerprint density at radius 2 is 2.20 bits per heavy atom. The van der Waals surface area contributed by atoms with Crippen molar-refractivity contribution in [2.45, 2.75) is 6.10 Å². The molecule has 20 heavy (non-hydrogen) atoms. The lowest BCUT2D eigenvalue weighted by atomic mass is 10.2. The van der Waals surface area contributed by atoms with Gasteiger partial charge in [-0.2, -0.15) is 0 Å². The van der Waals surface area contributed by atoms with Gasteiger partial charge < -0.3 is 18.7 Å². The Morgan fingerprint density at radius 1 is 1.35 bits per heavy atom. The van der Waals surface area contributed by atoms with E-state index in [0.29, 0.717) is 18.2 Å². The fraction of sp³-hybridized carbons (Fsp3) is 0.267. The van der Waals surface area contributed by atoms with Crippen LogP contribution in [0, 0.1) is 0 Å². The highest BCUT2D eigenvalue weighted by atomic mass is 16.6. The maximum atomic E-state index is 5.73. The Morgan fingerprint density at radius 3 is 2.95 bits per heavy atom. The van der Waals surface area contributed by atoms with Gasteiger partial charge in [0.2, 0.25) is 0 Å². The van der Waals surface area contributed by atoms with Gasteiger partial charge in [-0.25, -0.2) is 0 Å². The molecule has 1 aromatic carbocycles. The zero-order valence-electron chi connectivity index (χ0n) is 11.1. The van der Waals surface area contributed by atoms with Crippen molar-refractivity contribution < 1.29 is 18.7 Å². The first-order chi connectivity index (χ1) is 9.85. The predicted molar refractivity (Wildman–Crippen MR) is 73.7 cm³/mol. The SMILES string of the molecule is COc1cc(/C=C/c2ccccc2OCC2CO2)on1. The maximum absolute atomic E-state index is 5.73. The number of hydrogen-bond donors (Lipinski definition) is 0. The lowest BCUT2D eigenvalue weighted by Crippen LogP contribution is -2.04. The molecule has 1 aromatic heterocycles. The van der Waals surface area contributed by atoms with Crippen LogP contribution in [-0.2, 0) is 4.74 Å². The smallest absolute Gasteiger partial charge is 0.254 e. The van der Waals surface area contributed by atoms with E-state index >= 15 is 0 Å². The third kappa shape index (κ3) is 3.19. The van der Waals surface area contributed by atoms with Crippen molar-refractivity contribution >= 4 is 12.2 Å². The Bertz CT molecular complexity index is 601. The van der Waals surface area contributed by atoms with E-state index in [1.54, 1.807) is 13.2 Å². The molecule has 1 saturated heterocycles.